The summed E-state index contributed by atoms with van der Waals surface area (Å²) in [6, 6.07) is 10.9. The Morgan fingerprint density at radius 2 is 1.89 bits per heavy atom. The van der Waals surface area contributed by atoms with Crippen LogP contribution in [0.1, 0.15) is 44.2 Å². The summed E-state index contributed by atoms with van der Waals surface area (Å²) in [5, 5.41) is 12.4. The zero-order chi connectivity index (χ0) is 14.1. The molecule has 1 rings (SSSR count). The van der Waals surface area contributed by atoms with Crippen molar-refractivity contribution in [2.45, 2.75) is 46.5 Å². The van der Waals surface area contributed by atoms with Crippen molar-refractivity contribution in [2.75, 3.05) is 13.1 Å². The lowest BCUT2D eigenvalue weighted by Gasteiger charge is -2.14. The van der Waals surface area contributed by atoms with Gasteiger partial charge in [-0.15, -0.1) is 0 Å². The molecule has 0 aromatic heterocycles. The highest BCUT2D eigenvalue weighted by molar-refractivity contribution is 5.25. The van der Waals surface area contributed by atoms with Crippen molar-refractivity contribution >= 4 is 0 Å². The molecule has 0 amide bonds. The molecule has 1 aromatic carbocycles. The Hall–Kier alpha value is -1.33. The summed E-state index contributed by atoms with van der Waals surface area (Å²) < 4.78 is 0. The molecule has 2 heteroatoms. The van der Waals surface area contributed by atoms with Crippen LogP contribution in [0.15, 0.2) is 24.3 Å². The SMILES string of the molecule is Cc1ccccc1CCNCCCCC(C)(C)C#N. The number of rotatable bonds is 8. The van der Waals surface area contributed by atoms with E-state index in [4.69, 9.17) is 5.26 Å². The number of hydrogen-bond acceptors (Lipinski definition) is 2. The molecule has 0 unspecified atom stereocenters. The molecule has 0 aliphatic heterocycles. The highest BCUT2D eigenvalue weighted by Crippen LogP contribution is 2.21. The fourth-order valence-corrected chi connectivity index (χ4v) is 2.11. The largest absolute Gasteiger partial charge is 0.316 e. The predicted molar refractivity (Wildman–Crippen MR) is 81.0 cm³/mol. The Morgan fingerprint density at radius 3 is 2.58 bits per heavy atom. The summed E-state index contributed by atoms with van der Waals surface area (Å²) in [6.45, 7) is 8.27. The molecule has 0 spiro atoms. The lowest BCUT2D eigenvalue weighted by atomic mass is 9.89. The van der Waals surface area contributed by atoms with Crippen molar-refractivity contribution < 1.29 is 0 Å². The molecule has 19 heavy (non-hydrogen) atoms. The van der Waals surface area contributed by atoms with Gasteiger partial charge in [0.1, 0.15) is 0 Å². The fraction of sp³-hybridized carbons (Fsp3) is 0.588. The van der Waals surface area contributed by atoms with E-state index < -0.39 is 0 Å². The summed E-state index contributed by atoms with van der Waals surface area (Å²) in [5.41, 5.74) is 2.64. The van der Waals surface area contributed by atoms with Crippen LogP contribution in [0.2, 0.25) is 0 Å². The molecule has 2 nitrogen and oxygen atoms in total. The molecular weight excluding hydrogens is 232 g/mol. The molecule has 0 aliphatic rings. The second kappa shape index (κ2) is 7.96. The van der Waals surface area contributed by atoms with Gasteiger partial charge in [0.25, 0.3) is 0 Å². The maximum Gasteiger partial charge on any atom is 0.0683 e. The van der Waals surface area contributed by atoms with Gasteiger partial charge in [0.2, 0.25) is 0 Å². The molecule has 1 aromatic rings. The molecule has 104 valence electrons. The van der Waals surface area contributed by atoms with E-state index in [1.165, 1.54) is 11.1 Å². The molecule has 0 saturated carbocycles. The van der Waals surface area contributed by atoms with E-state index in [9.17, 15) is 0 Å². The van der Waals surface area contributed by atoms with Crippen LogP contribution in [0.5, 0.6) is 0 Å². The highest BCUT2D eigenvalue weighted by atomic mass is 14.8. The predicted octanol–water partition coefficient (Wildman–Crippen LogP) is 3.85. The third kappa shape index (κ3) is 6.40. The molecule has 0 fully saturated rings. The zero-order valence-electron chi connectivity index (χ0n) is 12.5. The second-order valence-electron chi connectivity index (χ2n) is 5.88. The zero-order valence-corrected chi connectivity index (χ0v) is 12.5. The second-order valence-corrected chi connectivity index (χ2v) is 5.88. The average molecular weight is 258 g/mol. The first-order chi connectivity index (χ1) is 9.05. The number of benzene rings is 1. The van der Waals surface area contributed by atoms with E-state index in [1.54, 1.807) is 0 Å². The standard InChI is InChI=1S/C17H26N2/c1-15-8-4-5-9-16(15)10-13-19-12-7-6-11-17(2,3)14-18/h4-5,8-9,19H,6-7,10-13H2,1-3H3. The van der Waals surface area contributed by atoms with Gasteiger partial charge in [0, 0.05) is 0 Å². The minimum absolute atomic E-state index is 0.166. The Bertz CT molecular complexity index is 416. The fourth-order valence-electron chi connectivity index (χ4n) is 2.11. The molecule has 0 aliphatic carbocycles. The van der Waals surface area contributed by atoms with Gasteiger partial charge < -0.3 is 5.32 Å². The monoisotopic (exact) mass is 258 g/mol. The van der Waals surface area contributed by atoms with Gasteiger partial charge in [-0.1, -0.05) is 30.7 Å². The van der Waals surface area contributed by atoms with Gasteiger partial charge in [0.05, 0.1) is 11.5 Å². The summed E-state index contributed by atoms with van der Waals surface area (Å²) in [4.78, 5) is 0. The highest BCUT2D eigenvalue weighted by Gasteiger charge is 2.15. The summed E-state index contributed by atoms with van der Waals surface area (Å²) in [6.07, 6.45) is 4.36. The van der Waals surface area contributed by atoms with E-state index in [1.807, 2.05) is 13.8 Å². The maximum absolute atomic E-state index is 8.92. The number of nitriles is 1. The maximum atomic E-state index is 8.92. The normalized spacial score (nSPS) is 11.3. The van der Waals surface area contributed by atoms with Crippen molar-refractivity contribution in [1.82, 2.24) is 5.32 Å². The lowest BCUT2D eigenvalue weighted by Crippen LogP contribution is -2.19. The Labute approximate surface area is 117 Å². The van der Waals surface area contributed by atoms with Gasteiger partial charge >= 0.3 is 0 Å². The van der Waals surface area contributed by atoms with Crippen LogP contribution in [0.4, 0.5) is 0 Å². The van der Waals surface area contributed by atoms with Crippen molar-refractivity contribution in [3.63, 3.8) is 0 Å². The van der Waals surface area contributed by atoms with E-state index >= 15 is 0 Å². The first-order valence-electron chi connectivity index (χ1n) is 7.22. The Morgan fingerprint density at radius 1 is 1.16 bits per heavy atom. The van der Waals surface area contributed by atoms with Crippen LogP contribution in [0, 0.1) is 23.7 Å². The van der Waals surface area contributed by atoms with E-state index in [-0.39, 0.29) is 5.41 Å². The summed E-state index contributed by atoms with van der Waals surface area (Å²) in [7, 11) is 0. The molecule has 0 radical (unpaired) electrons. The number of nitrogens with zero attached hydrogens (tertiary/aromatic N) is 1. The minimum atomic E-state index is -0.166. The molecule has 1 N–H and O–H groups in total. The smallest absolute Gasteiger partial charge is 0.0683 e. The number of unbranched alkanes of at least 4 members (excludes halogenated alkanes) is 1. The number of hydrogen-bond donors (Lipinski definition) is 1. The average Bonchev–Trinajstić information content (AvgIpc) is 2.39. The van der Waals surface area contributed by atoms with Gasteiger partial charge in [-0.05, 0) is 64.3 Å². The summed E-state index contributed by atoms with van der Waals surface area (Å²) >= 11 is 0. The van der Waals surface area contributed by atoms with Crippen molar-refractivity contribution in [3.05, 3.63) is 35.4 Å². The molecule has 0 bridgehead atoms. The summed E-state index contributed by atoms with van der Waals surface area (Å²) in [5.74, 6) is 0. The van der Waals surface area contributed by atoms with Gasteiger partial charge in [-0.25, -0.2) is 0 Å². The number of aryl methyl sites for hydroxylation is 1. The van der Waals surface area contributed by atoms with Crippen molar-refractivity contribution in [2.24, 2.45) is 5.41 Å². The van der Waals surface area contributed by atoms with Crippen LogP contribution < -0.4 is 5.32 Å². The quantitative estimate of drug-likeness (QED) is 0.719. The third-order valence-electron chi connectivity index (χ3n) is 3.54. The molecule has 0 saturated heterocycles. The third-order valence-corrected chi connectivity index (χ3v) is 3.54. The van der Waals surface area contributed by atoms with Crippen LogP contribution in [-0.2, 0) is 6.42 Å². The van der Waals surface area contributed by atoms with Crippen LogP contribution in [0.25, 0.3) is 0 Å². The van der Waals surface area contributed by atoms with E-state index in [0.29, 0.717) is 0 Å². The molecular formula is C17H26N2. The van der Waals surface area contributed by atoms with Gasteiger partial charge in [-0.3, -0.25) is 0 Å². The van der Waals surface area contributed by atoms with Crippen LogP contribution >= 0.6 is 0 Å². The molecule has 0 heterocycles. The first-order valence-corrected chi connectivity index (χ1v) is 7.22. The Kier molecular flexibility index (Phi) is 6.59. The van der Waals surface area contributed by atoms with Crippen LogP contribution in [-0.4, -0.2) is 13.1 Å². The van der Waals surface area contributed by atoms with E-state index in [0.717, 1.165) is 38.8 Å². The van der Waals surface area contributed by atoms with Gasteiger partial charge in [-0.2, -0.15) is 5.26 Å². The van der Waals surface area contributed by atoms with Gasteiger partial charge in [0.15, 0.2) is 0 Å². The van der Waals surface area contributed by atoms with Crippen molar-refractivity contribution in [1.29, 1.82) is 5.26 Å². The minimum Gasteiger partial charge on any atom is -0.316 e. The van der Waals surface area contributed by atoms with E-state index in [2.05, 4.69) is 42.6 Å². The first kappa shape index (κ1) is 15.7. The van der Waals surface area contributed by atoms with Crippen molar-refractivity contribution in [3.8, 4) is 6.07 Å². The van der Waals surface area contributed by atoms with Crippen LogP contribution in [0.3, 0.4) is 0 Å². The molecule has 0 atom stereocenters. The topological polar surface area (TPSA) is 35.8 Å². The number of nitrogens with one attached hydrogen (secondary N) is 1. The lowest BCUT2D eigenvalue weighted by molar-refractivity contribution is 0.423. The Balaban J connectivity index is 2.07.